The molecule has 0 aliphatic carbocycles. The molecule has 2 aromatic rings. The number of rotatable bonds is 9. The topological polar surface area (TPSA) is 56.8 Å². The van der Waals surface area contributed by atoms with E-state index in [-0.39, 0.29) is 12.4 Å². The number of benzene rings is 2. The summed E-state index contributed by atoms with van der Waals surface area (Å²) in [5.74, 6) is 0.352. The van der Waals surface area contributed by atoms with Crippen molar-refractivity contribution in [3.8, 4) is 5.75 Å². The standard InChI is InChI=1S/C19H22ClNO4/c1-23-8-7-21-17-10-14(9-16(20)12-17)13-25-18-6-4-3-5-15(18)11-19(22)24-2/h3-6,9-10,12,21H,7-8,11,13H2,1-2H3. The van der Waals surface area contributed by atoms with Gasteiger partial charge in [0.05, 0.1) is 20.1 Å². The molecular formula is C19H22ClNO4. The number of hydrogen-bond acceptors (Lipinski definition) is 5. The number of halogens is 1. The molecule has 0 amide bonds. The second-order valence-corrected chi connectivity index (χ2v) is 5.85. The van der Waals surface area contributed by atoms with E-state index in [0.29, 0.717) is 30.5 Å². The molecule has 5 nitrogen and oxygen atoms in total. The Hall–Kier alpha value is -2.24. The molecule has 0 heterocycles. The molecule has 0 radical (unpaired) electrons. The number of nitrogens with one attached hydrogen (secondary N) is 1. The number of carbonyl (C=O) groups excluding carboxylic acids is 1. The van der Waals surface area contributed by atoms with E-state index >= 15 is 0 Å². The summed E-state index contributed by atoms with van der Waals surface area (Å²) in [6, 6.07) is 13.1. The zero-order valence-electron chi connectivity index (χ0n) is 14.4. The smallest absolute Gasteiger partial charge is 0.310 e. The van der Waals surface area contributed by atoms with Gasteiger partial charge in [0.25, 0.3) is 0 Å². The minimum absolute atomic E-state index is 0.173. The lowest BCUT2D eigenvalue weighted by molar-refractivity contribution is -0.139. The van der Waals surface area contributed by atoms with Gasteiger partial charge in [-0.1, -0.05) is 29.8 Å². The molecule has 6 heteroatoms. The Morgan fingerprint density at radius 2 is 1.96 bits per heavy atom. The van der Waals surface area contributed by atoms with E-state index in [9.17, 15) is 4.79 Å². The van der Waals surface area contributed by atoms with Gasteiger partial charge in [-0.15, -0.1) is 0 Å². The van der Waals surface area contributed by atoms with Crippen molar-refractivity contribution >= 4 is 23.3 Å². The summed E-state index contributed by atoms with van der Waals surface area (Å²) in [4.78, 5) is 11.5. The summed E-state index contributed by atoms with van der Waals surface area (Å²) in [6.45, 7) is 1.65. The fraction of sp³-hybridized carbons (Fsp3) is 0.316. The first-order chi connectivity index (χ1) is 12.1. The van der Waals surface area contributed by atoms with Gasteiger partial charge in [0, 0.05) is 29.9 Å². The summed E-state index contributed by atoms with van der Waals surface area (Å²) in [7, 11) is 3.03. The van der Waals surface area contributed by atoms with Crippen molar-refractivity contribution in [2.45, 2.75) is 13.0 Å². The zero-order valence-corrected chi connectivity index (χ0v) is 15.1. The van der Waals surface area contributed by atoms with E-state index in [1.54, 1.807) is 7.11 Å². The van der Waals surface area contributed by atoms with Crippen LogP contribution in [-0.2, 0) is 27.3 Å². The molecule has 0 saturated heterocycles. The number of carbonyl (C=O) groups is 1. The van der Waals surface area contributed by atoms with E-state index in [2.05, 4.69) is 5.32 Å². The molecular weight excluding hydrogens is 342 g/mol. The molecule has 0 saturated carbocycles. The Balaban J connectivity index is 2.05. The van der Waals surface area contributed by atoms with Gasteiger partial charge in [-0.05, 0) is 29.8 Å². The van der Waals surface area contributed by atoms with E-state index in [1.165, 1.54) is 7.11 Å². The van der Waals surface area contributed by atoms with Crippen LogP contribution in [0.5, 0.6) is 5.75 Å². The van der Waals surface area contributed by atoms with Gasteiger partial charge in [0.15, 0.2) is 0 Å². The predicted octanol–water partition coefficient (Wildman–Crippen LogP) is 3.69. The highest BCUT2D eigenvalue weighted by Crippen LogP contribution is 2.23. The Labute approximate surface area is 152 Å². The average molecular weight is 364 g/mol. The van der Waals surface area contributed by atoms with Crippen LogP contribution in [0.25, 0.3) is 0 Å². The summed E-state index contributed by atoms with van der Waals surface area (Å²) < 4.78 is 15.6. The van der Waals surface area contributed by atoms with Gasteiger partial charge in [-0.3, -0.25) is 4.79 Å². The summed E-state index contributed by atoms with van der Waals surface area (Å²) >= 11 is 6.18. The molecule has 2 rings (SSSR count). The van der Waals surface area contributed by atoms with Crippen LogP contribution in [0.2, 0.25) is 5.02 Å². The highest BCUT2D eigenvalue weighted by atomic mass is 35.5. The number of anilines is 1. The zero-order chi connectivity index (χ0) is 18.1. The number of para-hydroxylation sites is 1. The van der Waals surface area contributed by atoms with Gasteiger partial charge >= 0.3 is 5.97 Å². The quantitative estimate of drug-likeness (QED) is 0.544. The molecule has 0 aliphatic rings. The van der Waals surface area contributed by atoms with Crippen molar-refractivity contribution < 1.29 is 19.0 Å². The normalized spacial score (nSPS) is 10.4. The van der Waals surface area contributed by atoms with Crippen molar-refractivity contribution in [1.29, 1.82) is 0 Å². The van der Waals surface area contributed by atoms with Crippen LogP contribution in [0.15, 0.2) is 42.5 Å². The third-order valence-electron chi connectivity index (χ3n) is 3.52. The van der Waals surface area contributed by atoms with Gasteiger partial charge in [0.1, 0.15) is 12.4 Å². The fourth-order valence-corrected chi connectivity index (χ4v) is 2.57. The van der Waals surface area contributed by atoms with Crippen molar-refractivity contribution in [2.24, 2.45) is 0 Å². The van der Waals surface area contributed by atoms with E-state index in [0.717, 1.165) is 16.8 Å². The van der Waals surface area contributed by atoms with Crippen molar-refractivity contribution in [3.05, 3.63) is 58.6 Å². The predicted molar refractivity (Wildman–Crippen MR) is 98.3 cm³/mol. The second-order valence-electron chi connectivity index (χ2n) is 5.42. The van der Waals surface area contributed by atoms with Crippen molar-refractivity contribution in [1.82, 2.24) is 0 Å². The number of methoxy groups -OCH3 is 2. The van der Waals surface area contributed by atoms with Crippen LogP contribution in [0.4, 0.5) is 5.69 Å². The Kier molecular flexibility index (Phi) is 7.57. The maximum Gasteiger partial charge on any atom is 0.310 e. The lowest BCUT2D eigenvalue weighted by Crippen LogP contribution is -2.08. The SMILES string of the molecule is COCCNc1cc(Cl)cc(COc2ccccc2CC(=O)OC)c1. The van der Waals surface area contributed by atoms with Crippen LogP contribution in [0.3, 0.4) is 0 Å². The average Bonchev–Trinajstić information content (AvgIpc) is 2.60. The Bertz CT molecular complexity index is 706. The minimum Gasteiger partial charge on any atom is -0.489 e. The van der Waals surface area contributed by atoms with Gasteiger partial charge in [-0.2, -0.15) is 0 Å². The molecule has 1 N–H and O–H groups in total. The van der Waals surface area contributed by atoms with Crippen LogP contribution in [-0.4, -0.2) is 33.3 Å². The third kappa shape index (κ3) is 6.29. The first-order valence-corrected chi connectivity index (χ1v) is 8.30. The number of hydrogen-bond donors (Lipinski definition) is 1. The molecule has 0 atom stereocenters. The molecule has 25 heavy (non-hydrogen) atoms. The molecule has 0 aliphatic heterocycles. The first kappa shape index (κ1) is 19.1. The summed E-state index contributed by atoms with van der Waals surface area (Å²) in [6.07, 6.45) is 0.173. The van der Waals surface area contributed by atoms with Crippen LogP contribution in [0, 0.1) is 0 Å². The molecule has 0 aromatic heterocycles. The van der Waals surface area contributed by atoms with Crippen LogP contribution in [0.1, 0.15) is 11.1 Å². The summed E-state index contributed by atoms with van der Waals surface area (Å²) in [5.41, 5.74) is 2.63. The lowest BCUT2D eigenvalue weighted by Gasteiger charge is -2.13. The number of esters is 1. The Morgan fingerprint density at radius 1 is 1.16 bits per heavy atom. The fourth-order valence-electron chi connectivity index (χ4n) is 2.31. The maximum absolute atomic E-state index is 11.5. The lowest BCUT2D eigenvalue weighted by atomic mass is 10.1. The largest absolute Gasteiger partial charge is 0.489 e. The molecule has 2 aromatic carbocycles. The van der Waals surface area contributed by atoms with E-state index in [1.807, 2.05) is 42.5 Å². The van der Waals surface area contributed by atoms with Gasteiger partial charge in [-0.25, -0.2) is 0 Å². The molecule has 0 fully saturated rings. The highest BCUT2D eigenvalue weighted by Gasteiger charge is 2.09. The molecule has 134 valence electrons. The highest BCUT2D eigenvalue weighted by molar-refractivity contribution is 6.30. The monoisotopic (exact) mass is 363 g/mol. The minimum atomic E-state index is -0.302. The van der Waals surface area contributed by atoms with Crippen LogP contribution >= 0.6 is 11.6 Å². The Morgan fingerprint density at radius 3 is 2.72 bits per heavy atom. The van der Waals surface area contributed by atoms with E-state index < -0.39 is 0 Å². The molecule has 0 unspecified atom stereocenters. The van der Waals surface area contributed by atoms with Crippen LogP contribution < -0.4 is 10.1 Å². The van der Waals surface area contributed by atoms with E-state index in [4.69, 9.17) is 25.8 Å². The number of ether oxygens (including phenoxy) is 3. The summed E-state index contributed by atoms with van der Waals surface area (Å²) in [5, 5.41) is 3.87. The molecule has 0 bridgehead atoms. The van der Waals surface area contributed by atoms with Gasteiger partial charge in [0.2, 0.25) is 0 Å². The second kappa shape index (κ2) is 9.91. The third-order valence-corrected chi connectivity index (χ3v) is 3.74. The molecule has 0 spiro atoms. The first-order valence-electron chi connectivity index (χ1n) is 7.92. The maximum atomic E-state index is 11.5. The van der Waals surface area contributed by atoms with Crippen molar-refractivity contribution in [2.75, 3.05) is 32.7 Å². The van der Waals surface area contributed by atoms with Gasteiger partial charge < -0.3 is 19.5 Å². The van der Waals surface area contributed by atoms with Crippen molar-refractivity contribution in [3.63, 3.8) is 0 Å².